The van der Waals surface area contributed by atoms with E-state index in [2.05, 4.69) is 12.1 Å². The Balaban J connectivity index is 1.54. The van der Waals surface area contributed by atoms with Crippen molar-refractivity contribution in [2.75, 3.05) is 13.2 Å². The van der Waals surface area contributed by atoms with E-state index in [4.69, 9.17) is 14.2 Å². The SMILES string of the molecule is Cc1ccc(C2CCC3(CC2)OCCO3)c(OC2(C(=O)O)CC2)c1. The summed E-state index contributed by atoms with van der Waals surface area (Å²) >= 11 is 0. The maximum Gasteiger partial charge on any atom is 0.348 e. The molecule has 1 N–H and O–H groups in total. The first-order valence-electron chi connectivity index (χ1n) is 8.83. The van der Waals surface area contributed by atoms with Crippen LogP contribution in [0.1, 0.15) is 55.6 Å². The first kappa shape index (κ1) is 15.9. The van der Waals surface area contributed by atoms with Crippen LogP contribution in [-0.2, 0) is 14.3 Å². The zero-order valence-corrected chi connectivity index (χ0v) is 14.0. The van der Waals surface area contributed by atoms with Crippen molar-refractivity contribution in [3.8, 4) is 5.75 Å². The Morgan fingerprint density at radius 1 is 1.17 bits per heavy atom. The Kier molecular flexibility index (Phi) is 3.81. The van der Waals surface area contributed by atoms with E-state index in [-0.39, 0.29) is 5.79 Å². The predicted molar refractivity (Wildman–Crippen MR) is 87.3 cm³/mol. The number of ether oxygens (including phenoxy) is 3. The third-order valence-corrected chi connectivity index (χ3v) is 5.57. The maximum absolute atomic E-state index is 11.5. The van der Waals surface area contributed by atoms with E-state index in [1.807, 2.05) is 13.0 Å². The van der Waals surface area contributed by atoms with Crippen molar-refractivity contribution in [2.45, 2.75) is 62.8 Å². The van der Waals surface area contributed by atoms with E-state index >= 15 is 0 Å². The lowest BCUT2D eigenvalue weighted by Gasteiger charge is -2.36. The van der Waals surface area contributed by atoms with Crippen LogP contribution in [0.15, 0.2) is 18.2 Å². The van der Waals surface area contributed by atoms with Gasteiger partial charge in [0, 0.05) is 25.7 Å². The fourth-order valence-corrected chi connectivity index (χ4v) is 3.91. The van der Waals surface area contributed by atoms with Crippen LogP contribution in [0.5, 0.6) is 5.75 Å². The van der Waals surface area contributed by atoms with Crippen LogP contribution in [0.4, 0.5) is 0 Å². The highest BCUT2D eigenvalue weighted by Gasteiger charge is 2.54. The average molecular weight is 332 g/mol. The molecule has 0 atom stereocenters. The topological polar surface area (TPSA) is 65.0 Å². The summed E-state index contributed by atoms with van der Waals surface area (Å²) in [6.45, 7) is 3.38. The summed E-state index contributed by atoms with van der Waals surface area (Å²) in [4.78, 5) is 11.5. The van der Waals surface area contributed by atoms with Crippen molar-refractivity contribution < 1.29 is 24.1 Å². The largest absolute Gasteiger partial charge is 0.478 e. The van der Waals surface area contributed by atoms with Crippen LogP contribution in [0.25, 0.3) is 0 Å². The number of hydrogen-bond donors (Lipinski definition) is 1. The summed E-state index contributed by atoms with van der Waals surface area (Å²) < 4.78 is 17.6. The molecule has 1 aromatic rings. The molecule has 0 radical (unpaired) electrons. The molecule has 0 aromatic heterocycles. The molecule has 1 aliphatic heterocycles. The molecule has 130 valence electrons. The molecule has 24 heavy (non-hydrogen) atoms. The molecule has 0 unspecified atom stereocenters. The second kappa shape index (κ2) is 5.74. The van der Waals surface area contributed by atoms with Gasteiger partial charge in [-0.25, -0.2) is 4.79 Å². The van der Waals surface area contributed by atoms with Crippen LogP contribution in [0, 0.1) is 6.92 Å². The number of aliphatic carboxylic acids is 1. The van der Waals surface area contributed by atoms with E-state index < -0.39 is 11.6 Å². The molecule has 1 heterocycles. The molecular formula is C19H24O5. The molecule has 3 aliphatic rings. The summed E-state index contributed by atoms with van der Waals surface area (Å²) in [5.74, 6) is -0.126. The third kappa shape index (κ3) is 2.80. The molecular weight excluding hydrogens is 308 g/mol. The molecule has 0 amide bonds. The fourth-order valence-electron chi connectivity index (χ4n) is 3.91. The van der Waals surface area contributed by atoms with E-state index in [0.717, 1.165) is 42.6 Å². The Morgan fingerprint density at radius 3 is 2.42 bits per heavy atom. The Bertz CT molecular complexity index is 633. The molecule has 1 saturated heterocycles. The van der Waals surface area contributed by atoms with Gasteiger partial charge >= 0.3 is 5.97 Å². The number of carboxylic acids is 1. The fraction of sp³-hybridized carbons (Fsp3) is 0.632. The van der Waals surface area contributed by atoms with E-state index in [0.29, 0.717) is 32.0 Å². The monoisotopic (exact) mass is 332 g/mol. The standard InChI is InChI=1S/C19H24O5/c1-13-2-3-15(16(12-13)24-18(8-9-18)17(20)21)14-4-6-19(7-5-14)22-10-11-23-19/h2-3,12,14H,4-11H2,1H3,(H,20,21). The van der Waals surface area contributed by atoms with Gasteiger partial charge in [-0.3, -0.25) is 0 Å². The quantitative estimate of drug-likeness (QED) is 0.915. The van der Waals surface area contributed by atoms with Crippen LogP contribution in [0.3, 0.4) is 0 Å². The second-order valence-electron chi connectivity index (χ2n) is 7.32. The Hall–Kier alpha value is -1.59. The summed E-state index contributed by atoms with van der Waals surface area (Å²) in [5, 5.41) is 9.42. The lowest BCUT2D eigenvalue weighted by Crippen LogP contribution is -2.35. The third-order valence-electron chi connectivity index (χ3n) is 5.57. The molecule has 2 aliphatic carbocycles. The zero-order chi connectivity index (χ0) is 16.8. The van der Waals surface area contributed by atoms with Crippen molar-refractivity contribution in [3.05, 3.63) is 29.3 Å². The van der Waals surface area contributed by atoms with E-state index in [1.165, 1.54) is 0 Å². The van der Waals surface area contributed by atoms with Gasteiger partial charge in [0.1, 0.15) is 5.75 Å². The molecule has 1 spiro atoms. The Labute approximate surface area is 141 Å². The molecule has 5 heteroatoms. The number of benzene rings is 1. The maximum atomic E-state index is 11.5. The lowest BCUT2D eigenvalue weighted by atomic mass is 9.80. The van der Waals surface area contributed by atoms with Gasteiger partial charge < -0.3 is 19.3 Å². The minimum Gasteiger partial charge on any atom is -0.478 e. The zero-order valence-electron chi connectivity index (χ0n) is 14.0. The van der Waals surface area contributed by atoms with Crippen LogP contribution >= 0.6 is 0 Å². The van der Waals surface area contributed by atoms with Gasteiger partial charge in [-0.2, -0.15) is 0 Å². The number of aryl methyl sites for hydroxylation is 1. The normalized spacial score (nSPS) is 24.9. The van der Waals surface area contributed by atoms with Crippen molar-refractivity contribution >= 4 is 5.97 Å². The molecule has 0 bridgehead atoms. The van der Waals surface area contributed by atoms with Gasteiger partial charge in [0.05, 0.1) is 13.2 Å². The van der Waals surface area contributed by atoms with E-state index in [9.17, 15) is 9.90 Å². The molecule has 4 rings (SSSR count). The van der Waals surface area contributed by atoms with Gasteiger partial charge in [-0.05, 0) is 42.9 Å². The number of carboxylic acid groups (broad SMARTS) is 1. The molecule has 5 nitrogen and oxygen atoms in total. The number of carbonyl (C=O) groups is 1. The van der Waals surface area contributed by atoms with Crippen LogP contribution < -0.4 is 4.74 Å². The summed E-state index contributed by atoms with van der Waals surface area (Å²) in [7, 11) is 0. The molecule has 3 fully saturated rings. The van der Waals surface area contributed by atoms with Gasteiger partial charge in [-0.1, -0.05) is 12.1 Å². The Morgan fingerprint density at radius 2 is 1.83 bits per heavy atom. The van der Waals surface area contributed by atoms with Crippen molar-refractivity contribution in [1.29, 1.82) is 0 Å². The number of rotatable bonds is 4. The van der Waals surface area contributed by atoms with Crippen molar-refractivity contribution in [3.63, 3.8) is 0 Å². The van der Waals surface area contributed by atoms with Crippen molar-refractivity contribution in [2.24, 2.45) is 0 Å². The number of hydrogen-bond acceptors (Lipinski definition) is 4. The minimum absolute atomic E-state index is 0.364. The highest BCUT2D eigenvalue weighted by atomic mass is 16.7. The summed E-state index contributed by atoms with van der Waals surface area (Å²) in [6, 6.07) is 6.16. The van der Waals surface area contributed by atoms with Gasteiger partial charge in [0.15, 0.2) is 5.79 Å². The lowest BCUT2D eigenvalue weighted by molar-refractivity contribution is -0.178. The first-order valence-corrected chi connectivity index (χ1v) is 8.83. The average Bonchev–Trinajstić information content (AvgIpc) is 3.22. The summed E-state index contributed by atoms with van der Waals surface area (Å²) in [6.07, 6.45) is 4.89. The molecule has 1 aromatic carbocycles. The smallest absolute Gasteiger partial charge is 0.348 e. The van der Waals surface area contributed by atoms with Gasteiger partial charge in [0.25, 0.3) is 0 Å². The first-order chi connectivity index (χ1) is 11.5. The van der Waals surface area contributed by atoms with Gasteiger partial charge in [0.2, 0.25) is 5.60 Å². The summed E-state index contributed by atoms with van der Waals surface area (Å²) in [5.41, 5.74) is 1.21. The highest BCUT2D eigenvalue weighted by Crippen LogP contribution is 2.47. The van der Waals surface area contributed by atoms with Gasteiger partial charge in [-0.15, -0.1) is 0 Å². The van der Waals surface area contributed by atoms with Crippen molar-refractivity contribution in [1.82, 2.24) is 0 Å². The second-order valence-corrected chi connectivity index (χ2v) is 7.32. The minimum atomic E-state index is -1.00. The predicted octanol–water partition coefficient (Wildman–Crippen LogP) is 3.39. The van der Waals surface area contributed by atoms with Crippen LogP contribution in [0.2, 0.25) is 0 Å². The van der Waals surface area contributed by atoms with E-state index in [1.54, 1.807) is 0 Å². The van der Waals surface area contributed by atoms with Crippen LogP contribution in [-0.4, -0.2) is 35.7 Å². The molecule has 2 saturated carbocycles. The highest BCUT2D eigenvalue weighted by molar-refractivity contribution is 5.81.